The third-order valence-electron chi connectivity index (χ3n) is 3.75. The van der Waals surface area contributed by atoms with E-state index in [4.69, 9.17) is 12.2 Å². The number of hydrogen-bond acceptors (Lipinski definition) is 3. The highest BCUT2D eigenvalue weighted by Crippen LogP contribution is 2.23. The van der Waals surface area contributed by atoms with Crippen molar-refractivity contribution in [3.8, 4) is 0 Å². The lowest BCUT2D eigenvalue weighted by atomic mass is 9.94. The lowest BCUT2D eigenvalue weighted by Gasteiger charge is -2.31. The second-order valence-corrected chi connectivity index (χ2v) is 6.81. The van der Waals surface area contributed by atoms with Crippen LogP contribution in [0.15, 0.2) is 0 Å². The number of nitrogens with zero attached hydrogens (tertiary/aromatic N) is 1. The summed E-state index contributed by atoms with van der Waals surface area (Å²) in [6.07, 6.45) is 6.62. The summed E-state index contributed by atoms with van der Waals surface area (Å²) in [4.78, 5) is 18.4. The van der Waals surface area contributed by atoms with Crippen molar-refractivity contribution in [2.45, 2.75) is 51.5 Å². The van der Waals surface area contributed by atoms with Crippen molar-refractivity contribution in [2.24, 2.45) is 0 Å². The molecule has 0 spiro atoms. The molecular weight excluding hydrogens is 264 g/mol. The monoisotopic (exact) mass is 284 g/mol. The summed E-state index contributed by atoms with van der Waals surface area (Å²) >= 11 is 6.62. The average Bonchev–Trinajstić information content (AvgIpc) is 2.68. The minimum Gasteiger partial charge on any atom is -0.342 e. The minimum atomic E-state index is 0.218. The van der Waals surface area contributed by atoms with Gasteiger partial charge in [0.1, 0.15) is 0 Å². The molecule has 0 radical (unpaired) electrons. The number of aryl methyl sites for hydroxylation is 1. The summed E-state index contributed by atoms with van der Waals surface area (Å²) in [6.45, 7) is 1.98. The Hall–Kier alpha value is -0.680. The van der Waals surface area contributed by atoms with E-state index < -0.39 is 0 Å². The van der Waals surface area contributed by atoms with Gasteiger partial charge >= 0.3 is 0 Å². The fourth-order valence-corrected chi connectivity index (χ4v) is 3.82. The summed E-state index contributed by atoms with van der Waals surface area (Å²) in [5, 5.41) is 0. The molecule has 1 amide bonds. The van der Waals surface area contributed by atoms with Crippen molar-refractivity contribution < 1.29 is 4.79 Å². The third-order valence-corrected chi connectivity index (χ3v) is 5.09. The van der Waals surface area contributed by atoms with Gasteiger partial charge in [-0.2, -0.15) is 0 Å². The number of rotatable bonds is 3. The average molecular weight is 284 g/mol. The Labute approximate surface area is 117 Å². The SMILES string of the molecule is Cc1[nH]c(=S)sc1CC(=O)N(C)C1CCCCC1. The predicted molar refractivity (Wildman–Crippen MR) is 77.6 cm³/mol. The fourth-order valence-electron chi connectivity index (χ4n) is 2.54. The normalized spacial score (nSPS) is 16.8. The van der Waals surface area contributed by atoms with E-state index in [0.29, 0.717) is 12.5 Å². The number of nitrogens with one attached hydrogen (secondary N) is 1. The zero-order valence-corrected chi connectivity index (χ0v) is 12.6. The summed E-state index contributed by atoms with van der Waals surface area (Å²) in [5.41, 5.74) is 1.04. The second kappa shape index (κ2) is 5.97. The lowest BCUT2D eigenvalue weighted by Crippen LogP contribution is -2.39. The van der Waals surface area contributed by atoms with E-state index in [1.165, 1.54) is 30.6 Å². The van der Waals surface area contributed by atoms with Gasteiger partial charge < -0.3 is 9.88 Å². The Morgan fingerprint density at radius 2 is 2.11 bits per heavy atom. The van der Waals surface area contributed by atoms with Crippen LogP contribution in [0.5, 0.6) is 0 Å². The van der Waals surface area contributed by atoms with E-state index in [2.05, 4.69) is 4.98 Å². The molecule has 3 nitrogen and oxygen atoms in total. The van der Waals surface area contributed by atoms with Crippen LogP contribution in [0.4, 0.5) is 0 Å². The molecule has 0 saturated heterocycles. The number of thiazole rings is 1. The summed E-state index contributed by atoms with van der Waals surface area (Å²) in [5.74, 6) is 0.218. The van der Waals surface area contributed by atoms with Crippen molar-refractivity contribution in [1.29, 1.82) is 0 Å². The molecule has 1 fully saturated rings. The molecule has 1 aromatic rings. The number of hydrogen-bond donors (Lipinski definition) is 1. The van der Waals surface area contributed by atoms with Gasteiger partial charge in [0.05, 0.1) is 6.42 Å². The molecule has 1 heterocycles. The molecule has 0 atom stereocenters. The van der Waals surface area contributed by atoms with E-state index in [0.717, 1.165) is 27.4 Å². The van der Waals surface area contributed by atoms with Crippen LogP contribution in [0.2, 0.25) is 0 Å². The van der Waals surface area contributed by atoms with Crippen LogP contribution in [-0.2, 0) is 11.2 Å². The van der Waals surface area contributed by atoms with Gasteiger partial charge in [0.15, 0.2) is 3.95 Å². The Bertz CT molecular complexity index is 472. The van der Waals surface area contributed by atoms with Gasteiger partial charge in [0.25, 0.3) is 0 Å². The summed E-state index contributed by atoms with van der Waals surface area (Å²) in [6, 6.07) is 0.443. The molecule has 1 aromatic heterocycles. The zero-order chi connectivity index (χ0) is 13.1. The van der Waals surface area contributed by atoms with Crippen molar-refractivity contribution >= 4 is 29.5 Å². The van der Waals surface area contributed by atoms with Gasteiger partial charge in [-0.15, -0.1) is 11.3 Å². The number of aromatic nitrogens is 1. The largest absolute Gasteiger partial charge is 0.342 e. The minimum absolute atomic E-state index is 0.218. The van der Waals surface area contributed by atoms with E-state index >= 15 is 0 Å². The number of aromatic amines is 1. The molecule has 0 aromatic carbocycles. The number of carbonyl (C=O) groups is 1. The van der Waals surface area contributed by atoms with Gasteiger partial charge in [-0.05, 0) is 32.0 Å². The number of amides is 1. The maximum absolute atomic E-state index is 12.3. The first kappa shape index (κ1) is 13.7. The van der Waals surface area contributed by atoms with Crippen molar-refractivity contribution in [3.05, 3.63) is 14.5 Å². The highest BCUT2D eigenvalue weighted by Gasteiger charge is 2.22. The molecule has 5 heteroatoms. The van der Waals surface area contributed by atoms with Crippen LogP contribution in [0, 0.1) is 10.9 Å². The molecule has 1 saturated carbocycles. The highest BCUT2D eigenvalue weighted by molar-refractivity contribution is 7.73. The second-order valence-electron chi connectivity index (χ2n) is 5.04. The van der Waals surface area contributed by atoms with Gasteiger partial charge in [0, 0.05) is 23.7 Å². The Morgan fingerprint density at radius 3 is 2.67 bits per heavy atom. The molecule has 18 heavy (non-hydrogen) atoms. The first-order valence-corrected chi connectivity index (χ1v) is 7.74. The van der Waals surface area contributed by atoms with Crippen LogP contribution in [0.3, 0.4) is 0 Å². The quantitative estimate of drug-likeness (QED) is 0.863. The maximum Gasteiger partial charge on any atom is 0.227 e. The molecule has 0 bridgehead atoms. The topological polar surface area (TPSA) is 36.1 Å². The van der Waals surface area contributed by atoms with Crippen LogP contribution >= 0.6 is 23.6 Å². The van der Waals surface area contributed by atoms with E-state index in [-0.39, 0.29) is 5.91 Å². The lowest BCUT2D eigenvalue weighted by molar-refractivity contribution is -0.131. The fraction of sp³-hybridized carbons (Fsp3) is 0.692. The molecule has 100 valence electrons. The van der Waals surface area contributed by atoms with Crippen molar-refractivity contribution in [1.82, 2.24) is 9.88 Å². The molecule has 0 aliphatic heterocycles. The Morgan fingerprint density at radius 1 is 1.44 bits per heavy atom. The first-order chi connectivity index (χ1) is 8.58. The molecule has 2 rings (SSSR count). The zero-order valence-electron chi connectivity index (χ0n) is 11.0. The molecular formula is C13H20N2OS2. The summed E-state index contributed by atoms with van der Waals surface area (Å²) < 4.78 is 0.760. The van der Waals surface area contributed by atoms with E-state index in [1.54, 1.807) is 0 Å². The number of likely N-dealkylation sites (N-methyl/N-ethyl adjacent to an activating group) is 1. The van der Waals surface area contributed by atoms with Crippen molar-refractivity contribution in [2.75, 3.05) is 7.05 Å². The Kier molecular flexibility index (Phi) is 4.56. The standard InChI is InChI=1S/C13H20N2OS2/c1-9-11(18-13(17)14-9)8-12(16)15(2)10-6-4-3-5-7-10/h10H,3-8H2,1-2H3,(H,14,17). The number of carbonyl (C=O) groups excluding carboxylic acids is 1. The predicted octanol–water partition coefficient (Wildman–Crippen LogP) is 3.45. The van der Waals surface area contributed by atoms with Crippen LogP contribution in [-0.4, -0.2) is 28.9 Å². The molecule has 1 N–H and O–H groups in total. The van der Waals surface area contributed by atoms with Gasteiger partial charge in [-0.25, -0.2) is 0 Å². The van der Waals surface area contributed by atoms with Crippen LogP contribution in [0.25, 0.3) is 0 Å². The van der Waals surface area contributed by atoms with Gasteiger partial charge in [-0.1, -0.05) is 19.3 Å². The van der Waals surface area contributed by atoms with Crippen LogP contribution < -0.4 is 0 Å². The molecule has 1 aliphatic rings. The summed E-state index contributed by atoms with van der Waals surface area (Å²) in [7, 11) is 1.94. The van der Waals surface area contributed by atoms with Crippen LogP contribution in [0.1, 0.15) is 42.7 Å². The molecule has 0 unspecified atom stereocenters. The third kappa shape index (κ3) is 3.20. The highest BCUT2D eigenvalue weighted by atomic mass is 32.1. The number of H-pyrrole nitrogens is 1. The van der Waals surface area contributed by atoms with Gasteiger partial charge in [0.2, 0.25) is 5.91 Å². The Balaban J connectivity index is 1.98. The van der Waals surface area contributed by atoms with Gasteiger partial charge in [-0.3, -0.25) is 4.79 Å². The van der Waals surface area contributed by atoms with E-state index in [1.807, 2.05) is 18.9 Å². The van der Waals surface area contributed by atoms with Crippen molar-refractivity contribution in [3.63, 3.8) is 0 Å². The van der Waals surface area contributed by atoms with E-state index in [9.17, 15) is 4.79 Å². The smallest absolute Gasteiger partial charge is 0.227 e. The first-order valence-electron chi connectivity index (χ1n) is 6.52. The molecule has 1 aliphatic carbocycles. The maximum atomic E-state index is 12.3.